The molecule has 0 aliphatic rings. The third-order valence-corrected chi connectivity index (χ3v) is 4.50. The van der Waals surface area contributed by atoms with Crippen molar-refractivity contribution in [3.05, 3.63) is 47.5 Å². The molecule has 3 rings (SSSR count). The molecular formula is C18H21Cl2N3O2. The van der Waals surface area contributed by atoms with Crippen molar-refractivity contribution in [2.24, 2.45) is 0 Å². The summed E-state index contributed by atoms with van der Waals surface area (Å²) in [5.41, 5.74) is 2.30. The first kappa shape index (κ1) is 19.3. The molecule has 134 valence electrons. The normalized spacial score (nSPS) is 10.8. The molecule has 0 aliphatic heterocycles. The second-order valence-electron chi connectivity index (χ2n) is 5.94. The number of hydrogen-bond donors (Lipinski definition) is 1. The number of benzene rings is 1. The van der Waals surface area contributed by atoms with Crippen LogP contribution in [0.4, 0.5) is 0 Å². The van der Waals surface area contributed by atoms with Crippen molar-refractivity contribution in [1.82, 2.24) is 14.1 Å². The summed E-state index contributed by atoms with van der Waals surface area (Å²) in [4.78, 5) is 14.8. The number of carboxylic acid groups (broad SMARTS) is 1. The Bertz CT molecular complexity index is 857. The summed E-state index contributed by atoms with van der Waals surface area (Å²) in [6.07, 6.45) is 8.26. The number of unbranched alkanes of at least 4 members (excludes halogenated alkanes) is 2. The number of carboxylic acids is 1. The molecule has 2 heterocycles. The smallest absolute Gasteiger partial charge is 0.303 e. The van der Waals surface area contributed by atoms with Gasteiger partial charge in [0.1, 0.15) is 12.1 Å². The van der Waals surface area contributed by atoms with E-state index in [0.29, 0.717) is 6.42 Å². The number of halogens is 2. The molecule has 0 radical (unpaired) electrons. The molecule has 0 bridgehead atoms. The van der Waals surface area contributed by atoms with Crippen molar-refractivity contribution >= 4 is 40.9 Å². The third kappa shape index (κ3) is 4.17. The Labute approximate surface area is 157 Å². The summed E-state index contributed by atoms with van der Waals surface area (Å²) in [6.45, 7) is 2.92. The zero-order valence-electron chi connectivity index (χ0n) is 14.0. The van der Waals surface area contributed by atoms with Gasteiger partial charge in [0.25, 0.3) is 0 Å². The fraction of sp³-hybridized carbons (Fsp3) is 0.333. The second kappa shape index (κ2) is 8.41. The average Bonchev–Trinajstić information content (AvgIpc) is 3.14. The molecule has 0 unspecified atom stereocenters. The summed E-state index contributed by atoms with van der Waals surface area (Å²) in [5, 5.41) is 10.6. The minimum Gasteiger partial charge on any atom is -0.481 e. The lowest BCUT2D eigenvalue weighted by Gasteiger charge is -2.12. The van der Waals surface area contributed by atoms with Gasteiger partial charge < -0.3 is 9.67 Å². The first-order chi connectivity index (χ1) is 11.6. The van der Waals surface area contributed by atoms with Gasteiger partial charge in [-0.05, 0) is 43.5 Å². The average molecular weight is 382 g/mol. The molecule has 1 aromatic carbocycles. The maximum absolute atomic E-state index is 10.6. The zero-order chi connectivity index (χ0) is 17.1. The number of nitrogens with zero attached hydrogens (tertiary/aromatic N) is 3. The number of aromatic nitrogens is 3. The fourth-order valence-electron chi connectivity index (χ4n) is 3.15. The number of hydrogen-bond acceptors (Lipinski definition) is 2. The lowest BCUT2D eigenvalue weighted by molar-refractivity contribution is -0.137. The van der Waals surface area contributed by atoms with E-state index < -0.39 is 5.97 Å². The Kier molecular flexibility index (Phi) is 6.51. The molecule has 0 amide bonds. The molecule has 2 aromatic heterocycles. The monoisotopic (exact) mass is 381 g/mol. The Morgan fingerprint density at radius 3 is 2.76 bits per heavy atom. The Hall–Kier alpha value is -1.98. The highest BCUT2D eigenvalue weighted by Gasteiger charge is 2.15. The number of rotatable bonds is 7. The van der Waals surface area contributed by atoms with Gasteiger partial charge >= 0.3 is 5.97 Å². The van der Waals surface area contributed by atoms with Gasteiger partial charge in [0.05, 0.1) is 5.52 Å². The van der Waals surface area contributed by atoms with Crippen LogP contribution in [0.5, 0.6) is 0 Å². The Morgan fingerprint density at radius 2 is 2.08 bits per heavy atom. The fourth-order valence-corrected chi connectivity index (χ4v) is 3.32. The van der Waals surface area contributed by atoms with Gasteiger partial charge in [-0.2, -0.15) is 0 Å². The standard InChI is InChI=1S/C18H20ClN3O2.ClH/c1-13-15-11-14(19)6-7-16(15)22(9-4-2-3-5-17(23)24)18(13)21-10-8-20-12-21;/h6-8,10-12H,2-5,9H2,1H3,(H,23,24);1H. The van der Waals surface area contributed by atoms with E-state index in [1.165, 1.54) is 0 Å². The minimum atomic E-state index is -0.731. The largest absolute Gasteiger partial charge is 0.481 e. The van der Waals surface area contributed by atoms with Gasteiger partial charge in [0.2, 0.25) is 0 Å². The molecule has 0 spiro atoms. The SMILES string of the molecule is Cc1c(-n2ccnc2)n(CCCCCC(=O)O)c2ccc(Cl)cc12.Cl. The van der Waals surface area contributed by atoms with E-state index in [1.54, 1.807) is 12.5 Å². The Balaban J connectivity index is 0.00000225. The maximum atomic E-state index is 10.6. The summed E-state index contributed by atoms with van der Waals surface area (Å²) >= 11 is 6.17. The lowest BCUT2D eigenvalue weighted by Crippen LogP contribution is -2.06. The second-order valence-corrected chi connectivity index (χ2v) is 6.37. The third-order valence-electron chi connectivity index (χ3n) is 4.27. The number of imidazole rings is 1. The van der Waals surface area contributed by atoms with Crippen LogP contribution in [0, 0.1) is 6.92 Å². The van der Waals surface area contributed by atoms with Gasteiger partial charge in [-0.1, -0.05) is 18.0 Å². The molecule has 25 heavy (non-hydrogen) atoms. The molecule has 0 saturated carbocycles. The van der Waals surface area contributed by atoms with E-state index in [1.807, 2.05) is 29.0 Å². The van der Waals surface area contributed by atoms with Gasteiger partial charge in [0.15, 0.2) is 0 Å². The number of fused-ring (bicyclic) bond motifs is 1. The lowest BCUT2D eigenvalue weighted by atomic mass is 10.2. The number of carbonyl (C=O) groups is 1. The van der Waals surface area contributed by atoms with E-state index in [9.17, 15) is 4.79 Å². The molecule has 0 saturated heterocycles. The van der Waals surface area contributed by atoms with Crippen molar-refractivity contribution < 1.29 is 9.90 Å². The van der Waals surface area contributed by atoms with Gasteiger partial charge in [-0.25, -0.2) is 4.98 Å². The Morgan fingerprint density at radius 1 is 1.28 bits per heavy atom. The maximum Gasteiger partial charge on any atom is 0.303 e. The number of aryl methyl sites for hydroxylation is 2. The predicted molar refractivity (Wildman–Crippen MR) is 102 cm³/mol. The molecule has 7 heteroatoms. The van der Waals surface area contributed by atoms with Crippen LogP contribution in [0.15, 0.2) is 36.9 Å². The van der Waals surface area contributed by atoms with Gasteiger partial charge in [-0.3, -0.25) is 9.36 Å². The highest BCUT2D eigenvalue weighted by molar-refractivity contribution is 6.31. The molecule has 0 fully saturated rings. The first-order valence-electron chi connectivity index (χ1n) is 8.06. The molecule has 0 atom stereocenters. The number of aliphatic carboxylic acids is 1. The minimum absolute atomic E-state index is 0. The van der Waals surface area contributed by atoms with Crippen LogP contribution in [-0.2, 0) is 11.3 Å². The quantitative estimate of drug-likeness (QED) is 0.594. The summed E-state index contributed by atoms with van der Waals surface area (Å²) in [7, 11) is 0. The van der Waals surface area contributed by atoms with Crippen LogP contribution in [0.25, 0.3) is 16.7 Å². The zero-order valence-corrected chi connectivity index (χ0v) is 15.6. The molecule has 5 nitrogen and oxygen atoms in total. The highest BCUT2D eigenvalue weighted by Crippen LogP contribution is 2.31. The summed E-state index contributed by atoms with van der Waals surface area (Å²) in [5.74, 6) is 0.356. The summed E-state index contributed by atoms with van der Waals surface area (Å²) in [6, 6.07) is 5.94. The predicted octanol–water partition coefficient (Wildman–Crippen LogP) is 4.86. The van der Waals surface area contributed by atoms with Crippen LogP contribution in [-0.4, -0.2) is 25.2 Å². The van der Waals surface area contributed by atoms with Gasteiger partial charge in [0, 0.05) is 35.8 Å². The van der Waals surface area contributed by atoms with Crippen molar-refractivity contribution in [3.63, 3.8) is 0 Å². The van der Waals surface area contributed by atoms with Crippen molar-refractivity contribution in [1.29, 1.82) is 0 Å². The van der Waals surface area contributed by atoms with E-state index in [-0.39, 0.29) is 18.8 Å². The molecular weight excluding hydrogens is 361 g/mol. The molecule has 3 aromatic rings. The van der Waals surface area contributed by atoms with Crippen LogP contribution >= 0.6 is 24.0 Å². The van der Waals surface area contributed by atoms with Crippen molar-refractivity contribution in [3.8, 4) is 5.82 Å². The highest BCUT2D eigenvalue weighted by atomic mass is 35.5. The molecule has 1 N–H and O–H groups in total. The van der Waals surface area contributed by atoms with Crippen LogP contribution in [0.1, 0.15) is 31.2 Å². The van der Waals surface area contributed by atoms with Crippen LogP contribution in [0.2, 0.25) is 5.02 Å². The van der Waals surface area contributed by atoms with E-state index in [0.717, 1.165) is 46.7 Å². The van der Waals surface area contributed by atoms with Crippen molar-refractivity contribution in [2.75, 3.05) is 0 Å². The topological polar surface area (TPSA) is 60.0 Å². The van der Waals surface area contributed by atoms with E-state index in [4.69, 9.17) is 16.7 Å². The van der Waals surface area contributed by atoms with E-state index in [2.05, 4.69) is 16.5 Å². The van der Waals surface area contributed by atoms with Crippen LogP contribution < -0.4 is 0 Å². The first-order valence-corrected chi connectivity index (χ1v) is 8.44. The molecule has 0 aliphatic carbocycles. The van der Waals surface area contributed by atoms with Crippen LogP contribution in [0.3, 0.4) is 0 Å². The van der Waals surface area contributed by atoms with E-state index >= 15 is 0 Å². The van der Waals surface area contributed by atoms with Gasteiger partial charge in [-0.15, -0.1) is 12.4 Å². The van der Waals surface area contributed by atoms with Crippen molar-refractivity contribution in [2.45, 2.75) is 39.2 Å². The summed E-state index contributed by atoms with van der Waals surface area (Å²) < 4.78 is 4.28.